The van der Waals surface area contributed by atoms with Crippen LogP contribution in [0.1, 0.15) is 71.1 Å². The summed E-state index contributed by atoms with van der Waals surface area (Å²) >= 11 is 0. The lowest BCUT2D eigenvalue weighted by atomic mass is 10.1. The largest absolute Gasteiger partial charge is 0.414 e. The highest BCUT2D eigenvalue weighted by Gasteiger charge is 2.46. The zero-order valence-corrected chi connectivity index (χ0v) is 23.3. The normalized spacial score (nSPS) is 23.8. The first-order valence-electron chi connectivity index (χ1n) is 11.2. The predicted octanol–water partition coefficient (Wildman–Crippen LogP) is 6.34. The van der Waals surface area contributed by atoms with E-state index in [0.29, 0.717) is 6.61 Å². The van der Waals surface area contributed by atoms with Gasteiger partial charge >= 0.3 is 0 Å². The monoisotopic (exact) mass is 452 g/mol. The Labute approximate surface area is 186 Å². The molecule has 0 amide bonds. The number of aryl methyl sites for hydroxylation is 2. The van der Waals surface area contributed by atoms with Crippen LogP contribution >= 0.6 is 0 Å². The van der Waals surface area contributed by atoms with E-state index in [1.54, 1.807) is 0 Å². The van der Waals surface area contributed by atoms with Crippen molar-refractivity contribution in [2.45, 2.75) is 116 Å². The fourth-order valence-electron chi connectivity index (χ4n) is 3.16. The average Bonchev–Trinajstić information content (AvgIpc) is 2.92. The molecule has 0 aromatic carbocycles. The van der Waals surface area contributed by atoms with Crippen molar-refractivity contribution >= 4 is 16.6 Å². The maximum Gasteiger partial charge on any atom is 0.192 e. The summed E-state index contributed by atoms with van der Waals surface area (Å²) in [5, 5.41) is 0.320. The smallest absolute Gasteiger partial charge is 0.192 e. The molecular formula is C23H44N2O3Si2. The molecule has 30 heavy (non-hydrogen) atoms. The van der Waals surface area contributed by atoms with Gasteiger partial charge in [0.2, 0.25) is 0 Å². The van der Waals surface area contributed by atoms with Crippen molar-refractivity contribution in [3.05, 3.63) is 23.3 Å². The molecule has 2 heterocycles. The van der Waals surface area contributed by atoms with E-state index in [4.69, 9.17) is 13.6 Å². The molecule has 3 atom stereocenters. The Hall–Kier alpha value is -0.606. The van der Waals surface area contributed by atoms with E-state index in [-0.39, 0.29) is 28.4 Å². The molecule has 7 heteroatoms. The van der Waals surface area contributed by atoms with E-state index in [1.807, 2.05) is 20.0 Å². The summed E-state index contributed by atoms with van der Waals surface area (Å²) < 4.78 is 20.0. The SMILES string of the molecule is Cc1ncc([C@H]2C[C@H](O[Si](C)(C)C(C)(C)C)[C@@H](CO[Si](C)(C)C(C)(C)C)O2)c(C)n1. The molecule has 0 radical (unpaired) electrons. The van der Waals surface area contributed by atoms with Crippen molar-refractivity contribution in [3.63, 3.8) is 0 Å². The number of ether oxygens (including phenoxy) is 1. The summed E-state index contributed by atoms with van der Waals surface area (Å²) in [6.45, 7) is 27.4. The standard InChI is InChI=1S/C23H44N2O3Si2/c1-16-18(14-24-17(2)25-16)19-13-20(28-30(11,12)23(6,7)8)21(27-19)15-26-29(9,10)22(3,4)5/h14,19-21H,13,15H2,1-12H3/t19-,20+,21-/m1/s1. The molecular weight excluding hydrogens is 408 g/mol. The van der Waals surface area contributed by atoms with Gasteiger partial charge in [0, 0.05) is 23.9 Å². The molecule has 0 unspecified atom stereocenters. The highest BCUT2D eigenvalue weighted by molar-refractivity contribution is 6.74. The Kier molecular flexibility index (Phi) is 7.47. The van der Waals surface area contributed by atoms with Crippen molar-refractivity contribution in [1.82, 2.24) is 9.97 Å². The molecule has 5 nitrogen and oxygen atoms in total. The molecule has 1 aliphatic rings. The van der Waals surface area contributed by atoms with Gasteiger partial charge < -0.3 is 13.6 Å². The maximum absolute atomic E-state index is 6.85. The summed E-state index contributed by atoms with van der Waals surface area (Å²) in [5.41, 5.74) is 2.06. The van der Waals surface area contributed by atoms with Gasteiger partial charge in [-0.15, -0.1) is 0 Å². The van der Waals surface area contributed by atoms with Gasteiger partial charge in [0.25, 0.3) is 0 Å². The highest BCUT2D eigenvalue weighted by atomic mass is 28.4. The molecule has 1 aliphatic heterocycles. The van der Waals surface area contributed by atoms with Crippen LogP contribution in [0.15, 0.2) is 6.20 Å². The van der Waals surface area contributed by atoms with Crippen LogP contribution < -0.4 is 0 Å². The molecule has 0 aliphatic carbocycles. The first-order chi connectivity index (χ1) is 13.4. The number of hydrogen-bond acceptors (Lipinski definition) is 5. The van der Waals surface area contributed by atoms with Crippen LogP contribution in [0, 0.1) is 13.8 Å². The van der Waals surface area contributed by atoms with E-state index in [1.165, 1.54) is 0 Å². The lowest BCUT2D eigenvalue weighted by Crippen LogP contribution is -2.48. The van der Waals surface area contributed by atoms with E-state index < -0.39 is 16.6 Å². The van der Waals surface area contributed by atoms with Crippen LogP contribution in [-0.4, -0.2) is 45.4 Å². The molecule has 0 spiro atoms. The summed E-state index contributed by atoms with van der Waals surface area (Å²) in [7, 11) is -3.80. The fourth-order valence-corrected chi connectivity index (χ4v) is 5.53. The molecule has 0 saturated carbocycles. The lowest BCUT2D eigenvalue weighted by molar-refractivity contribution is -0.0168. The average molecular weight is 453 g/mol. The topological polar surface area (TPSA) is 53.5 Å². The van der Waals surface area contributed by atoms with E-state index in [0.717, 1.165) is 23.5 Å². The number of aromatic nitrogens is 2. The fraction of sp³-hybridized carbons (Fsp3) is 0.826. The summed E-state index contributed by atoms with van der Waals surface area (Å²) in [6, 6.07) is 0. The molecule has 1 saturated heterocycles. The molecule has 0 N–H and O–H groups in total. The Morgan fingerprint density at radius 2 is 1.57 bits per heavy atom. The van der Waals surface area contributed by atoms with Gasteiger partial charge in [0.1, 0.15) is 11.9 Å². The third-order valence-electron chi connectivity index (χ3n) is 7.35. The summed E-state index contributed by atoms with van der Waals surface area (Å²) in [5.74, 6) is 0.793. The minimum absolute atomic E-state index is 0.0290. The summed E-state index contributed by atoms with van der Waals surface area (Å²) in [4.78, 5) is 8.97. The van der Waals surface area contributed by atoms with Crippen LogP contribution in [-0.2, 0) is 13.6 Å². The van der Waals surface area contributed by atoms with Crippen LogP contribution in [0.3, 0.4) is 0 Å². The molecule has 1 aromatic rings. The second-order valence-electron chi connectivity index (χ2n) is 11.8. The van der Waals surface area contributed by atoms with Gasteiger partial charge in [0.05, 0.1) is 18.8 Å². The van der Waals surface area contributed by atoms with Gasteiger partial charge in [-0.3, -0.25) is 0 Å². The van der Waals surface area contributed by atoms with E-state index in [2.05, 4.69) is 77.7 Å². The Morgan fingerprint density at radius 3 is 2.07 bits per heavy atom. The van der Waals surface area contributed by atoms with Gasteiger partial charge in [-0.2, -0.15) is 0 Å². The van der Waals surface area contributed by atoms with Crippen molar-refractivity contribution in [3.8, 4) is 0 Å². The molecule has 1 aromatic heterocycles. The second-order valence-corrected chi connectivity index (χ2v) is 21.4. The number of nitrogens with zero attached hydrogens (tertiary/aromatic N) is 2. The first kappa shape index (κ1) is 25.7. The van der Waals surface area contributed by atoms with Gasteiger partial charge in [-0.1, -0.05) is 41.5 Å². The van der Waals surface area contributed by atoms with Crippen molar-refractivity contribution in [1.29, 1.82) is 0 Å². The molecule has 172 valence electrons. The van der Waals surface area contributed by atoms with E-state index >= 15 is 0 Å². The van der Waals surface area contributed by atoms with E-state index in [9.17, 15) is 0 Å². The summed E-state index contributed by atoms with van der Waals surface area (Å²) in [6.07, 6.45) is 2.65. The second kappa shape index (κ2) is 8.73. The molecule has 2 rings (SSSR count). The third-order valence-corrected chi connectivity index (χ3v) is 16.4. The van der Waals surface area contributed by atoms with Crippen LogP contribution in [0.4, 0.5) is 0 Å². The quantitative estimate of drug-likeness (QED) is 0.472. The van der Waals surface area contributed by atoms with Crippen LogP contribution in [0.5, 0.6) is 0 Å². The molecule has 0 bridgehead atoms. The number of hydrogen-bond donors (Lipinski definition) is 0. The predicted molar refractivity (Wildman–Crippen MR) is 129 cm³/mol. The minimum atomic E-state index is -1.93. The van der Waals surface area contributed by atoms with Gasteiger partial charge in [-0.25, -0.2) is 9.97 Å². The highest BCUT2D eigenvalue weighted by Crippen LogP contribution is 2.43. The van der Waals surface area contributed by atoms with Crippen LogP contribution in [0.25, 0.3) is 0 Å². The van der Waals surface area contributed by atoms with Gasteiger partial charge in [-0.05, 0) is 50.1 Å². The van der Waals surface area contributed by atoms with Crippen molar-refractivity contribution < 1.29 is 13.6 Å². The van der Waals surface area contributed by atoms with Gasteiger partial charge in [0.15, 0.2) is 16.6 Å². The van der Waals surface area contributed by atoms with Crippen LogP contribution in [0.2, 0.25) is 36.3 Å². The first-order valence-corrected chi connectivity index (χ1v) is 17.0. The third kappa shape index (κ3) is 5.79. The number of rotatable bonds is 6. The zero-order valence-electron chi connectivity index (χ0n) is 21.3. The minimum Gasteiger partial charge on any atom is -0.414 e. The zero-order chi connectivity index (χ0) is 23.1. The van der Waals surface area contributed by atoms with Crippen molar-refractivity contribution in [2.24, 2.45) is 0 Å². The Balaban J connectivity index is 2.26. The maximum atomic E-state index is 6.85. The Bertz CT molecular complexity index is 739. The molecule has 1 fully saturated rings. The Morgan fingerprint density at radius 1 is 1.00 bits per heavy atom. The lowest BCUT2D eigenvalue weighted by Gasteiger charge is -2.40. The van der Waals surface area contributed by atoms with Crippen molar-refractivity contribution in [2.75, 3.05) is 6.61 Å².